The molecule has 0 saturated carbocycles. The Balaban J connectivity index is 0. The van der Waals surface area contributed by atoms with Crippen LogP contribution in [-0.4, -0.2) is 36.1 Å². The highest BCUT2D eigenvalue weighted by molar-refractivity contribution is 5.78. The summed E-state index contributed by atoms with van der Waals surface area (Å²) in [5, 5.41) is 13.7. The van der Waals surface area contributed by atoms with Crippen LogP contribution in [0.15, 0.2) is 0 Å². The second-order valence-corrected chi connectivity index (χ2v) is 4.33. The van der Waals surface area contributed by atoms with E-state index >= 15 is 0 Å². The van der Waals surface area contributed by atoms with Gasteiger partial charge in [0.2, 0.25) is 11.8 Å². The van der Waals surface area contributed by atoms with E-state index in [1.807, 2.05) is 27.7 Å². The first-order valence-corrected chi connectivity index (χ1v) is 6.54. The molecule has 0 aliphatic carbocycles. The maximum absolute atomic E-state index is 10.9. The van der Waals surface area contributed by atoms with Crippen molar-refractivity contribution in [2.75, 3.05) is 13.2 Å². The number of carbonyl (C=O) groups is 2. The predicted molar refractivity (Wildman–Crippen MR) is 73.1 cm³/mol. The van der Waals surface area contributed by atoms with E-state index in [4.69, 9.17) is 5.11 Å². The van der Waals surface area contributed by atoms with Crippen LogP contribution in [0.1, 0.15) is 47.5 Å². The Morgan fingerprint density at radius 3 is 2.00 bits per heavy atom. The van der Waals surface area contributed by atoms with Crippen molar-refractivity contribution < 1.29 is 14.7 Å². The van der Waals surface area contributed by atoms with E-state index in [1.165, 1.54) is 6.92 Å². The molecule has 0 rings (SSSR count). The summed E-state index contributed by atoms with van der Waals surface area (Å²) in [6, 6.07) is 0.326. The van der Waals surface area contributed by atoms with Crippen LogP contribution in [0.2, 0.25) is 0 Å². The largest absolute Gasteiger partial charge is 0.395 e. The fourth-order valence-corrected chi connectivity index (χ4v) is 0.988. The summed E-state index contributed by atoms with van der Waals surface area (Å²) in [4.78, 5) is 21.2. The van der Waals surface area contributed by atoms with E-state index < -0.39 is 0 Å². The molecule has 0 aliphatic rings. The Morgan fingerprint density at radius 2 is 1.72 bits per heavy atom. The van der Waals surface area contributed by atoms with Crippen molar-refractivity contribution >= 4 is 11.8 Å². The van der Waals surface area contributed by atoms with Gasteiger partial charge in [-0.05, 0) is 19.8 Å². The van der Waals surface area contributed by atoms with Crippen molar-refractivity contribution in [3.05, 3.63) is 0 Å². The molecule has 5 heteroatoms. The van der Waals surface area contributed by atoms with Crippen LogP contribution in [-0.2, 0) is 9.59 Å². The SMILES string of the molecule is CCC(C)C(=O)NCCO.CCC(C)NC(C)=O. The van der Waals surface area contributed by atoms with Gasteiger partial charge in [-0.25, -0.2) is 0 Å². The van der Waals surface area contributed by atoms with Gasteiger partial charge in [-0.15, -0.1) is 0 Å². The van der Waals surface area contributed by atoms with Crippen molar-refractivity contribution in [2.45, 2.75) is 53.5 Å². The second kappa shape index (κ2) is 12.4. The van der Waals surface area contributed by atoms with Crippen molar-refractivity contribution in [1.82, 2.24) is 10.6 Å². The lowest BCUT2D eigenvalue weighted by Gasteiger charge is -2.07. The quantitative estimate of drug-likeness (QED) is 0.668. The highest BCUT2D eigenvalue weighted by Crippen LogP contribution is 1.98. The van der Waals surface area contributed by atoms with Crippen LogP contribution in [0, 0.1) is 5.92 Å². The number of aliphatic hydroxyl groups excluding tert-OH is 1. The van der Waals surface area contributed by atoms with Gasteiger partial charge in [0, 0.05) is 25.4 Å². The summed E-state index contributed by atoms with van der Waals surface area (Å²) < 4.78 is 0. The van der Waals surface area contributed by atoms with Gasteiger partial charge in [0.05, 0.1) is 6.61 Å². The van der Waals surface area contributed by atoms with E-state index in [9.17, 15) is 9.59 Å². The highest BCUT2D eigenvalue weighted by atomic mass is 16.3. The molecule has 0 fully saturated rings. The average Bonchev–Trinajstić information content (AvgIpc) is 2.34. The Kier molecular flexibility index (Phi) is 13.2. The fraction of sp³-hybridized carbons (Fsp3) is 0.846. The van der Waals surface area contributed by atoms with Crippen LogP contribution in [0.4, 0.5) is 0 Å². The van der Waals surface area contributed by atoms with Gasteiger partial charge in [0.25, 0.3) is 0 Å². The summed E-state index contributed by atoms with van der Waals surface area (Å²) in [6.07, 6.45) is 1.84. The number of nitrogens with one attached hydrogen (secondary N) is 2. The monoisotopic (exact) mass is 260 g/mol. The van der Waals surface area contributed by atoms with Crippen molar-refractivity contribution in [1.29, 1.82) is 0 Å². The maximum Gasteiger partial charge on any atom is 0.222 e. The molecule has 0 aliphatic heterocycles. The molecule has 0 radical (unpaired) electrons. The molecule has 2 unspecified atom stereocenters. The zero-order valence-electron chi connectivity index (χ0n) is 12.2. The van der Waals surface area contributed by atoms with Gasteiger partial charge in [-0.1, -0.05) is 20.8 Å². The molecule has 2 atom stereocenters. The van der Waals surface area contributed by atoms with E-state index in [2.05, 4.69) is 10.6 Å². The van der Waals surface area contributed by atoms with Crippen LogP contribution >= 0.6 is 0 Å². The fourth-order valence-electron chi connectivity index (χ4n) is 0.988. The van der Waals surface area contributed by atoms with Crippen LogP contribution < -0.4 is 10.6 Å². The van der Waals surface area contributed by atoms with Crippen LogP contribution in [0.25, 0.3) is 0 Å². The lowest BCUT2D eigenvalue weighted by atomic mass is 10.1. The first kappa shape index (κ1) is 19.2. The molecule has 2 amide bonds. The van der Waals surface area contributed by atoms with E-state index in [-0.39, 0.29) is 24.3 Å². The van der Waals surface area contributed by atoms with E-state index in [0.717, 1.165) is 12.8 Å². The molecule has 0 aromatic heterocycles. The summed E-state index contributed by atoms with van der Waals surface area (Å²) in [6.45, 7) is 9.77. The Labute approximate surface area is 110 Å². The maximum atomic E-state index is 10.9. The van der Waals surface area contributed by atoms with Crippen molar-refractivity contribution in [2.24, 2.45) is 5.92 Å². The standard InChI is InChI=1S/C7H15NO2.C6H13NO/c1-3-6(2)7(10)8-4-5-9;1-4-5(2)7-6(3)8/h6,9H,3-5H2,1-2H3,(H,8,10);5H,4H2,1-3H3,(H,7,8). The molecule has 0 bridgehead atoms. The molecule has 3 N–H and O–H groups in total. The molecule has 5 nitrogen and oxygen atoms in total. The molecule has 108 valence electrons. The van der Waals surface area contributed by atoms with Gasteiger partial charge in [0.1, 0.15) is 0 Å². The molecule has 0 spiro atoms. The first-order chi connectivity index (χ1) is 8.38. The Morgan fingerprint density at radius 1 is 1.17 bits per heavy atom. The predicted octanol–water partition coefficient (Wildman–Crippen LogP) is 1.06. The third-order valence-electron chi connectivity index (χ3n) is 2.53. The minimum absolute atomic E-state index is 0.0160. The van der Waals surface area contributed by atoms with Crippen molar-refractivity contribution in [3.63, 3.8) is 0 Å². The number of carbonyl (C=O) groups excluding carboxylic acids is 2. The van der Waals surface area contributed by atoms with Crippen molar-refractivity contribution in [3.8, 4) is 0 Å². The number of rotatable bonds is 6. The van der Waals surface area contributed by atoms with Gasteiger partial charge in [0.15, 0.2) is 0 Å². The third kappa shape index (κ3) is 13.0. The number of aliphatic hydroxyl groups is 1. The third-order valence-corrected chi connectivity index (χ3v) is 2.53. The molecule has 0 saturated heterocycles. The van der Waals surface area contributed by atoms with Crippen LogP contribution in [0.3, 0.4) is 0 Å². The van der Waals surface area contributed by atoms with E-state index in [1.54, 1.807) is 0 Å². The number of amides is 2. The topological polar surface area (TPSA) is 78.4 Å². The average molecular weight is 260 g/mol. The molecule has 0 aromatic rings. The lowest BCUT2D eigenvalue weighted by Crippen LogP contribution is -2.31. The Bertz CT molecular complexity index is 232. The minimum Gasteiger partial charge on any atom is -0.395 e. The zero-order valence-corrected chi connectivity index (χ0v) is 12.2. The van der Waals surface area contributed by atoms with Gasteiger partial charge in [-0.3, -0.25) is 9.59 Å². The zero-order chi connectivity index (χ0) is 14.6. The Hall–Kier alpha value is -1.10. The molecule has 0 aromatic carbocycles. The van der Waals surface area contributed by atoms with Gasteiger partial charge < -0.3 is 15.7 Å². The minimum atomic E-state index is 0.0160. The number of hydrogen-bond donors (Lipinski definition) is 3. The molecular weight excluding hydrogens is 232 g/mol. The van der Waals surface area contributed by atoms with Gasteiger partial charge >= 0.3 is 0 Å². The first-order valence-electron chi connectivity index (χ1n) is 6.54. The highest BCUT2D eigenvalue weighted by Gasteiger charge is 2.07. The summed E-state index contributed by atoms with van der Waals surface area (Å²) in [7, 11) is 0. The number of hydrogen-bond acceptors (Lipinski definition) is 3. The second-order valence-electron chi connectivity index (χ2n) is 4.33. The molecular formula is C13H28N2O3. The normalized spacial score (nSPS) is 12.8. The molecule has 18 heavy (non-hydrogen) atoms. The smallest absolute Gasteiger partial charge is 0.222 e. The lowest BCUT2D eigenvalue weighted by molar-refractivity contribution is -0.124. The summed E-state index contributed by atoms with van der Waals surface area (Å²) >= 11 is 0. The summed E-state index contributed by atoms with van der Waals surface area (Å²) in [5.74, 6) is 0.141. The van der Waals surface area contributed by atoms with E-state index in [0.29, 0.717) is 12.6 Å². The van der Waals surface area contributed by atoms with Crippen LogP contribution in [0.5, 0.6) is 0 Å². The molecule has 0 heterocycles. The van der Waals surface area contributed by atoms with Gasteiger partial charge in [-0.2, -0.15) is 0 Å². The summed E-state index contributed by atoms with van der Waals surface area (Å²) in [5.41, 5.74) is 0.